The van der Waals surface area contributed by atoms with Gasteiger partial charge in [-0.15, -0.1) is 0 Å². The molecule has 4 rings (SSSR count). The number of nitrogens with zero attached hydrogens (tertiary/aromatic N) is 2. The van der Waals surface area contributed by atoms with Gasteiger partial charge in [-0.05, 0) is 76.2 Å². The molecule has 1 aliphatic heterocycles. The number of piperidine rings is 1. The van der Waals surface area contributed by atoms with E-state index in [1.54, 1.807) is 0 Å². The van der Waals surface area contributed by atoms with Crippen molar-refractivity contribution in [2.24, 2.45) is 5.92 Å². The van der Waals surface area contributed by atoms with Crippen molar-refractivity contribution in [3.8, 4) is 17.1 Å². The van der Waals surface area contributed by atoms with E-state index in [2.05, 4.69) is 29.2 Å². The monoisotopic (exact) mass is 453 g/mol. The molecule has 1 fully saturated rings. The van der Waals surface area contributed by atoms with Crippen LogP contribution in [-0.2, 0) is 11.4 Å². The molecule has 0 unspecified atom stereocenters. The third kappa shape index (κ3) is 5.69. The predicted molar refractivity (Wildman–Crippen MR) is 126 cm³/mol. The van der Waals surface area contributed by atoms with Crippen molar-refractivity contribution in [3.63, 3.8) is 0 Å². The molecule has 2 aromatic carbocycles. The van der Waals surface area contributed by atoms with E-state index in [4.69, 9.17) is 20.9 Å². The molecular weight excluding hydrogens is 426 g/mol. The molecule has 1 saturated heterocycles. The second kappa shape index (κ2) is 10.2. The standard InChI is InChI=1S/C25H28ClN3O3/c1-17(2)29-12-10-19(11-13-29)25(30)27-21-4-3-5-23(14-21)31-16-22-15-24(32-28-22)18-6-8-20(26)9-7-18/h3-9,14-15,17,19H,10-13,16H2,1-2H3,(H,27,30). The molecule has 0 radical (unpaired) electrons. The van der Waals surface area contributed by atoms with Crippen molar-refractivity contribution < 1.29 is 14.1 Å². The van der Waals surface area contributed by atoms with Crippen LogP contribution >= 0.6 is 11.6 Å². The van der Waals surface area contributed by atoms with Crippen LogP contribution in [0.25, 0.3) is 11.3 Å². The van der Waals surface area contributed by atoms with E-state index < -0.39 is 0 Å². The molecule has 0 spiro atoms. The number of carbonyl (C=O) groups excluding carboxylic acids is 1. The van der Waals surface area contributed by atoms with Crippen LogP contribution < -0.4 is 10.1 Å². The van der Waals surface area contributed by atoms with Crippen molar-refractivity contribution in [2.45, 2.75) is 39.3 Å². The Labute approximate surface area is 193 Å². The minimum Gasteiger partial charge on any atom is -0.487 e. The lowest BCUT2D eigenvalue weighted by molar-refractivity contribution is -0.121. The molecule has 168 valence electrons. The minimum absolute atomic E-state index is 0.0518. The smallest absolute Gasteiger partial charge is 0.227 e. The lowest BCUT2D eigenvalue weighted by Crippen LogP contribution is -2.41. The van der Waals surface area contributed by atoms with Crippen molar-refractivity contribution in [3.05, 3.63) is 65.3 Å². The zero-order valence-electron chi connectivity index (χ0n) is 18.4. The molecule has 0 atom stereocenters. The molecular formula is C25H28ClN3O3. The molecule has 1 aliphatic rings. The van der Waals surface area contributed by atoms with Gasteiger partial charge >= 0.3 is 0 Å². The summed E-state index contributed by atoms with van der Waals surface area (Å²) >= 11 is 5.93. The fourth-order valence-corrected chi connectivity index (χ4v) is 4.00. The van der Waals surface area contributed by atoms with E-state index in [9.17, 15) is 4.79 Å². The molecule has 1 amide bonds. The van der Waals surface area contributed by atoms with E-state index in [-0.39, 0.29) is 18.4 Å². The van der Waals surface area contributed by atoms with Crippen LogP contribution in [0.5, 0.6) is 5.75 Å². The second-order valence-corrected chi connectivity index (χ2v) is 8.84. The quantitative estimate of drug-likeness (QED) is 0.502. The largest absolute Gasteiger partial charge is 0.487 e. The Morgan fingerprint density at radius 3 is 2.66 bits per heavy atom. The van der Waals surface area contributed by atoms with Gasteiger partial charge in [0.15, 0.2) is 5.76 Å². The zero-order chi connectivity index (χ0) is 22.5. The van der Waals surface area contributed by atoms with E-state index in [0.717, 1.165) is 37.2 Å². The van der Waals surface area contributed by atoms with Crippen LogP contribution in [0, 0.1) is 5.92 Å². The number of nitrogens with one attached hydrogen (secondary N) is 1. The van der Waals surface area contributed by atoms with Gasteiger partial charge in [-0.2, -0.15) is 0 Å². The van der Waals surface area contributed by atoms with E-state index in [1.165, 1.54) is 0 Å². The zero-order valence-corrected chi connectivity index (χ0v) is 19.1. The van der Waals surface area contributed by atoms with Crippen molar-refractivity contribution in [1.29, 1.82) is 0 Å². The molecule has 1 aromatic heterocycles. The van der Waals surface area contributed by atoms with E-state index in [1.807, 2.05) is 54.6 Å². The molecule has 6 nitrogen and oxygen atoms in total. The van der Waals surface area contributed by atoms with Gasteiger partial charge in [0.25, 0.3) is 0 Å². The average Bonchev–Trinajstić information content (AvgIpc) is 3.27. The number of likely N-dealkylation sites (tertiary alicyclic amines) is 1. The number of amides is 1. The number of carbonyl (C=O) groups is 1. The molecule has 7 heteroatoms. The number of hydrogen-bond donors (Lipinski definition) is 1. The number of aromatic nitrogens is 1. The van der Waals surface area contributed by atoms with Gasteiger partial charge in [-0.3, -0.25) is 4.79 Å². The number of anilines is 1. The van der Waals surface area contributed by atoms with Gasteiger partial charge in [-0.25, -0.2) is 0 Å². The first-order valence-corrected chi connectivity index (χ1v) is 11.3. The number of halogens is 1. The van der Waals surface area contributed by atoms with Crippen LogP contribution in [0.1, 0.15) is 32.4 Å². The lowest BCUT2D eigenvalue weighted by Gasteiger charge is -2.33. The second-order valence-electron chi connectivity index (χ2n) is 8.40. The van der Waals surface area contributed by atoms with Gasteiger partial charge in [-0.1, -0.05) is 22.8 Å². The normalized spacial score (nSPS) is 15.1. The molecule has 0 saturated carbocycles. The summed E-state index contributed by atoms with van der Waals surface area (Å²) in [4.78, 5) is 15.1. The third-order valence-electron chi connectivity index (χ3n) is 5.81. The average molecular weight is 454 g/mol. The van der Waals surface area contributed by atoms with E-state index in [0.29, 0.717) is 28.3 Å². The summed E-state index contributed by atoms with van der Waals surface area (Å²) < 4.78 is 11.3. The Bertz CT molecular complexity index is 1040. The number of hydrogen-bond acceptors (Lipinski definition) is 5. The summed E-state index contributed by atoms with van der Waals surface area (Å²) in [6.45, 7) is 6.60. The van der Waals surface area contributed by atoms with Gasteiger partial charge in [0, 0.05) is 40.4 Å². The minimum atomic E-state index is 0.0518. The van der Waals surface area contributed by atoms with Crippen molar-refractivity contribution >= 4 is 23.2 Å². The summed E-state index contributed by atoms with van der Waals surface area (Å²) in [5.74, 6) is 1.45. The van der Waals surface area contributed by atoms with Crippen molar-refractivity contribution in [1.82, 2.24) is 10.1 Å². The number of benzene rings is 2. The summed E-state index contributed by atoms with van der Waals surface area (Å²) in [6, 6.07) is 17.2. The van der Waals surface area contributed by atoms with Crippen LogP contribution in [0.15, 0.2) is 59.1 Å². The van der Waals surface area contributed by atoms with Crippen LogP contribution in [0.3, 0.4) is 0 Å². The summed E-state index contributed by atoms with van der Waals surface area (Å²) in [7, 11) is 0. The van der Waals surface area contributed by atoms with Gasteiger partial charge in [0.05, 0.1) is 0 Å². The number of rotatable bonds is 7. The first-order valence-electron chi connectivity index (χ1n) is 11.0. The van der Waals surface area contributed by atoms with Crippen LogP contribution in [0.2, 0.25) is 5.02 Å². The predicted octanol–water partition coefficient (Wildman–Crippen LogP) is 5.63. The van der Waals surface area contributed by atoms with Crippen LogP contribution in [-0.4, -0.2) is 35.1 Å². The molecule has 1 N–H and O–H groups in total. The van der Waals surface area contributed by atoms with Crippen LogP contribution in [0.4, 0.5) is 5.69 Å². The molecule has 32 heavy (non-hydrogen) atoms. The maximum absolute atomic E-state index is 12.7. The highest BCUT2D eigenvalue weighted by Crippen LogP contribution is 2.25. The number of ether oxygens (including phenoxy) is 1. The Balaban J connectivity index is 1.31. The highest BCUT2D eigenvalue weighted by Gasteiger charge is 2.26. The fraction of sp³-hybridized carbons (Fsp3) is 0.360. The van der Waals surface area contributed by atoms with Gasteiger partial charge < -0.3 is 19.5 Å². The molecule has 3 aromatic rings. The first-order chi connectivity index (χ1) is 15.5. The summed E-state index contributed by atoms with van der Waals surface area (Å²) in [6.07, 6.45) is 1.78. The SMILES string of the molecule is CC(C)N1CCC(C(=O)Nc2cccc(OCc3cc(-c4ccc(Cl)cc4)on3)c2)CC1. The maximum Gasteiger partial charge on any atom is 0.227 e. The highest BCUT2D eigenvalue weighted by molar-refractivity contribution is 6.30. The van der Waals surface area contributed by atoms with Gasteiger partial charge in [0.2, 0.25) is 5.91 Å². The first kappa shape index (κ1) is 22.4. The maximum atomic E-state index is 12.7. The van der Waals surface area contributed by atoms with E-state index >= 15 is 0 Å². The Hall–Kier alpha value is -2.83. The Morgan fingerprint density at radius 1 is 1.19 bits per heavy atom. The third-order valence-corrected chi connectivity index (χ3v) is 6.06. The Kier molecular flexibility index (Phi) is 7.12. The summed E-state index contributed by atoms with van der Waals surface area (Å²) in [5, 5.41) is 7.79. The molecule has 0 aliphatic carbocycles. The Morgan fingerprint density at radius 2 is 1.94 bits per heavy atom. The molecule has 0 bridgehead atoms. The topological polar surface area (TPSA) is 67.6 Å². The van der Waals surface area contributed by atoms with Crippen molar-refractivity contribution in [2.75, 3.05) is 18.4 Å². The fourth-order valence-electron chi connectivity index (χ4n) is 3.87. The summed E-state index contributed by atoms with van der Waals surface area (Å²) in [5.41, 5.74) is 2.32. The lowest BCUT2D eigenvalue weighted by atomic mass is 9.95. The molecule has 2 heterocycles. The highest BCUT2D eigenvalue weighted by atomic mass is 35.5. The van der Waals surface area contributed by atoms with Gasteiger partial charge in [0.1, 0.15) is 18.1 Å².